The average molecular weight is 499 g/mol. The summed E-state index contributed by atoms with van der Waals surface area (Å²) in [4.78, 5) is 38.3. The van der Waals surface area contributed by atoms with Crippen LogP contribution in [-0.2, 0) is 30.6 Å². The summed E-state index contributed by atoms with van der Waals surface area (Å²) in [6.07, 6.45) is -1.95. The molecule has 4 aromatic rings. The van der Waals surface area contributed by atoms with Gasteiger partial charge in [-0.1, -0.05) is 24.3 Å². The average Bonchev–Trinajstić information content (AvgIpc) is 3.38. The Labute approximate surface area is 203 Å². The molecule has 2 aromatic carbocycles. The van der Waals surface area contributed by atoms with Crippen LogP contribution in [0, 0.1) is 0 Å². The van der Waals surface area contributed by atoms with Crippen LogP contribution in [0.25, 0.3) is 10.9 Å². The van der Waals surface area contributed by atoms with Gasteiger partial charge in [-0.3, -0.25) is 18.7 Å². The Bertz CT molecular complexity index is 1470. The second-order valence-corrected chi connectivity index (χ2v) is 8.35. The second-order valence-electron chi connectivity index (χ2n) is 8.35. The quantitative estimate of drug-likeness (QED) is 0.348. The van der Waals surface area contributed by atoms with Crippen molar-refractivity contribution in [2.45, 2.75) is 45.1 Å². The smallest absolute Gasteiger partial charge is 0.416 e. The van der Waals surface area contributed by atoms with Crippen molar-refractivity contribution in [3.8, 4) is 0 Å². The van der Waals surface area contributed by atoms with Gasteiger partial charge in [0, 0.05) is 13.0 Å². The van der Waals surface area contributed by atoms with Gasteiger partial charge in [0.25, 0.3) is 5.56 Å². The topological polar surface area (TPSA) is 86.2 Å². The van der Waals surface area contributed by atoms with E-state index in [0.717, 1.165) is 16.7 Å². The first kappa shape index (κ1) is 25.0. The molecule has 0 atom stereocenters. The first-order valence-corrected chi connectivity index (χ1v) is 11.4. The fourth-order valence-electron chi connectivity index (χ4n) is 3.99. The molecule has 10 heteroatoms. The van der Waals surface area contributed by atoms with Gasteiger partial charge in [0.1, 0.15) is 5.76 Å². The Morgan fingerprint density at radius 2 is 1.75 bits per heavy atom. The molecule has 1 amide bonds. The van der Waals surface area contributed by atoms with Crippen molar-refractivity contribution in [2.24, 2.45) is 0 Å². The van der Waals surface area contributed by atoms with Crippen LogP contribution in [0.2, 0.25) is 0 Å². The molecule has 0 aliphatic heterocycles. The summed E-state index contributed by atoms with van der Waals surface area (Å²) in [7, 11) is 0. The van der Waals surface area contributed by atoms with E-state index in [1.807, 2.05) is 0 Å². The van der Waals surface area contributed by atoms with E-state index in [9.17, 15) is 27.6 Å². The van der Waals surface area contributed by atoms with Gasteiger partial charge >= 0.3 is 11.9 Å². The molecule has 0 radical (unpaired) electrons. The zero-order valence-corrected chi connectivity index (χ0v) is 19.3. The number of alkyl halides is 3. The van der Waals surface area contributed by atoms with Crippen molar-refractivity contribution in [2.75, 3.05) is 0 Å². The number of unbranched alkanes of at least 4 members (excludes halogenated alkanes) is 1. The predicted octanol–water partition coefficient (Wildman–Crippen LogP) is 4.31. The zero-order chi connectivity index (χ0) is 25.7. The molecule has 188 valence electrons. The number of carbonyl (C=O) groups is 1. The number of hydrogen-bond acceptors (Lipinski definition) is 4. The summed E-state index contributed by atoms with van der Waals surface area (Å²) in [5, 5.41) is 3.03. The maximum atomic E-state index is 13.3. The summed E-state index contributed by atoms with van der Waals surface area (Å²) < 4.78 is 47.0. The number of rotatable bonds is 9. The maximum Gasteiger partial charge on any atom is 0.416 e. The highest BCUT2D eigenvalue weighted by molar-refractivity contribution is 5.78. The Kier molecular flexibility index (Phi) is 7.42. The van der Waals surface area contributed by atoms with Crippen molar-refractivity contribution in [1.82, 2.24) is 14.5 Å². The summed E-state index contributed by atoms with van der Waals surface area (Å²) >= 11 is 0. The van der Waals surface area contributed by atoms with Gasteiger partial charge in [-0.25, -0.2) is 4.79 Å². The minimum absolute atomic E-state index is 0.0799. The third-order valence-electron chi connectivity index (χ3n) is 5.80. The fourth-order valence-corrected chi connectivity index (χ4v) is 3.99. The van der Waals surface area contributed by atoms with Gasteiger partial charge in [0.05, 0.1) is 35.8 Å². The molecule has 0 aliphatic rings. The number of nitrogens with zero attached hydrogens (tertiary/aromatic N) is 2. The van der Waals surface area contributed by atoms with Gasteiger partial charge < -0.3 is 9.73 Å². The molecule has 0 fully saturated rings. The van der Waals surface area contributed by atoms with Gasteiger partial charge in [0.2, 0.25) is 5.91 Å². The number of carbonyl (C=O) groups excluding carboxylic acids is 1. The second kappa shape index (κ2) is 10.7. The number of fused-ring (bicyclic) bond motifs is 1. The highest BCUT2D eigenvalue weighted by Gasteiger charge is 2.30. The largest absolute Gasteiger partial charge is 0.467 e. The molecule has 2 aromatic heterocycles. The Morgan fingerprint density at radius 1 is 0.944 bits per heavy atom. The van der Waals surface area contributed by atoms with Crippen molar-refractivity contribution in [1.29, 1.82) is 0 Å². The molecule has 2 heterocycles. The van der Waals surface area contributed by atoms with Crippen molar-refractivity contribution in [3.05, 3.63) is 105 Å². The molecule has 0 saturated heterocycles. The number of para-hydroxylation sites is 1. The van der Waals surface area contributed by atoms with E-state index in [1.54, 1.807) is 36.4 Å². The fraction of sp³-hybridized carbons (Fsp3) is 0.269. The van der Waals surface area contributed by atoms with Crippen LogP contribution in [0.5, 0.6) is 0 Å². The van der Waals surface area contributed by atoms with Crippen LogP contribution in [-0.4, -0.2) is 15.0 Å². The van der Waals surface area contributed by atoms with E-state index in [0.29, 0.717) is 29.5 Å². The zero-order valence-electron chi connectivity index (χ0n) is 19.3. The van der Waals surface area contributed by atoms with Crippen LogP contribution < -0.4 is 16.6 Å². The van der Waals surface area contributed by atoms with Crippen LogP contribution in [0.1, 0.15) is 36.1 Å². The molecule has 0 unspecified atom stereocenters. The summed E-state index contributed by atoms with van der Waals surface area (Å²) in [5.74, 6) is 0.451. The van der Waals surface area contributed by atoms with Gasteiger partial charge in [-0.15, -0.1) is 0 Å². The third-order valence-corrected chi connectivity index (χ3v) is 5.80. The summed E-state index contributed by atoms with van der Waals surface area (Å²) in [5.41, 5.74) is -1.26. The normalized spacial score (nSPS) is 11.6. The van der Waals surface area contributed by atoms with E-state index >= 15 is 0 Å². The van der Waals surface area contributed by atoms with Gasteiger partial charge in [-0.2, -0.15) is 13.2 Å². The number of benzene rings is 2. The Balaban J connectivity index is 1.51. The van der Waals surface area contributed by atoms with Crippen LogP contribution >= 0.6 is 0 Å². The minimum Gasteiger partial charge on any atom is -0.467 e. The third kappa shape index (κ3) is 5.76. The van der Waals surface area contributed by atoms with Crippen molar-refractivity contribution < 1.29 is 22.4 Å². The lowest BCUT2D eigenvalue weighted by Gasteiger charge is -2.15. The lowest BCUT2D eigenvalue weighted by atomic mass is 10.1. The minimum atomic E-state index is -4.51. The lowest BCUT2D eigenvalue weighted by molar-refractivity contribution is -0.137. The van der Waals surface area contributed by atoms with Crippen molar-refractivity contribution >= 4 is 16.8 Å². The van der Waals surface area contributed by atoms with Crippen LogP contribution in [0.4, 0.5) is 13.2 Å². The summed E-state index contributed by atoms with van der Waals surface area (Å²) in [6.45, 7) is 0.228. The highest BCUT2D eigenvalue weighted by atomic mass is 19.4. The Morgan fingerprint density at radius 3 is 2.50 bits per heavy atom. The number of halogens is 3. The van der Waals surface area contributed by atoms with E-state index in [-0.39, 0.29) is 37.5 Å². The molecular formula is C26H24F3N3O4. The lowest BCUT2D eigenvalue weighted by Crippen LogP contribution is -2.40. The number of nitrogens with one attached hydrogen (secondary N) is 1. The molecule has 0 bridgehead atoms. The number of aromatic nitrogens is 2. The molecular weight excluding hydrogens is 475 g/mol. The van der Waals surface area contributed by atoms with Crippen molar-refractivity contribution in [3.63, 3.8) is 0 Å². The highest BCUT2D eigenvalue weighted by Crippen LogP contribution is 2.29. The van der Waals surface area contributed by atoms with E-state index < -0.39 is 23.0 Å². The standard InChI is InChI=1S/C26H24F3N3O4/c27-26(28,29)19-8-5-7-18(15-19)17-32-22-11-2-1-10-21(22)24(34)31(25(32)35)13-4-3-12-23(33)30-16-20-9-6-14-36-20/h1-2,5-11,14-15H,3-4,12-13,16-17H2,(H,30,33). The maximum absolute atomic E-state index is 13.3. The van der Waals surface area contributed by atoms with Gasteiger partial charge in [-0.05, 0) is 54.8 Å². The predicted molar refractivity (Wildman–Crippen MR) is 127 cm³/mol. The summed E-state index contributed by atoms with van der Waals surface area (Å²) in [6, 6.07) is 14.7. The molecule has 4 rings (SSSR count). The van der Waals surface area contributed by atoms with E-state index in [1.165, 1.54) is 23.0 Å². The number of amides is 1. The SMILES string of the molecule is O=C(CCCCn1c(=O)c2ccccc2n(Cc2cccc(C(F)(F)F)c2)c1=O)NCc1ccco1. The van der Waals surface area contributed by atoms with Crippen LogP contribution in [0.15, 0.2) is 80.9 Å². The molecule has 0 aliphatic carbocycles. The molecule has 0 spiro atoms. The molecule has 1 N–H and O–H groups in total. The Hall–Kier alpha value is -4.08. The van der Waals surface area contributed by atoms with Gasteiger partial charge in [0.15, 0.2) is 0 Å². The van der Waals surface area contributed by atoms with E-state index in [2.05, 4.69) is 5.32 Å². The molecule has 0 saturated carbocycles. The molecule has 36 heavy (non-hydrogen) atoms. The number of furan rings is 1. The first-order valence-electron chi connectivity index (χ1n) is 11.4. The number of hydrogen-bond donors (Lipinski definition) is 1. The molecule has 7 nitrogen and oxygen atoms in total. The van der Waals surface area contributed by atoms with Crippen LogP contribution in [0.3, 0.4) is 0 Å². The van der Waals surface area contributed by atoms with E-state index in [4.69, 9.17) is 4.42 Å². The monoisotopic (exact) mass is 499 g/mol. The first-order chi connectivity index (χ1) is 17.2.